The molecule has 0 spiro atoms. The summed E-state index contributed by atoms with van der Waals surface area (Å²) in [4.78, 5) is 11.2. The van der Waals surface area contributed by atoms with E-state index in [2.05, 4.69) is 17.2 Å². The smallest absolute Gasteiger partial charge is 0.411 e. The standard InChI is InChI=1S/C14H12NO2/c1-17-14(16)15-13-10-6-5-9-12(13)11-7-3-2-4-8-11/h2-10H,1H2,(H,15,16). The summed E-state index contributed by atoms with van der Waals surface area (Å²) in [6.07, 6.45) is -0.576. The SMILES string of the molecule is [CH2]OC(=O)Nc1ccccc1-c1ccccc1. The maximum atomic E-state index is 11.2. The van der Waals surface area contributed by atoms with E-state index in [1.807, 2.05) is 54.6 Å². The quantitative estimate of drug-likeness (QED) is 0.848. The van der Waals surface area contributed by atoms with Crippen LogP contribution in [0.4, 0.5) is 10.5 Å². The molecular formula is C14H12NO2. The molecule has 0 saturated carbocycles. The molecule has 0 fully saturated rings. The molecule has 3 nitrogen and oxygen atoms in total. The Morgan fingerprint density at radius 3 is 2.35 bits per heavy atom. The number of rotatable bonds is 2. The lowest BCUT2D eigenvalue weighted by molar-refractivity contribution is 0.199. The van der Waals surface area contributed by atoms with E-state index in [0.29, 0.717) is 5.69 Å². The molecule has 1 amide bonds. The summed E-state index contributed by atoms with van der Waals surface area (Å²) < 4.78 is 4.34. The van der Waals surface area contributed by atoms with E-state index in [4.69, 9.17) is 0 Å². The van der Waals surface area contributed by atoms with Crippen molar-refractivity contribution in [1.29, 1.82) is 0 Å². The van der Waals surface area contributed by atoms with Gasteiger partial charge in [0, 0.05) is 5.56 Å². The van der Waals surface area contributed by atoms with Crippen molar-refractivity contribution in [2.24, 2.45) is 0 Å². The molecule has 1 N–H and O–H groups in total. The first-order valence-corrected chi connectivity index (χ1v) is 5.18. The molecule has 85 valence electrons. The first-order valence-electron chi connectivity index (χ1n) is 5.18. The number of para-hydroxylation sites is 1. The highest BCUT2D eigenvalue weighted by Crippen LogP contribution is 2.27. The zero-order valence-corrected chi connectivity index (χ0v) is 9.22. The van der Waals surface area contributed by atoms with Crippen LogP contribution in [0.25, 0.3) is 11.1 Å². The van der Waals surface area contributed by atoms with Crippen LogP contribution in [0.15, 0.2) is 54.6 Å². The molecule has 0 aliphatic rings. The molecule has 2 aromatic carbocycles. The van der Waals surface area contributed by atoms with E-state index in [0.717, 1.165) is 11.1 Å². The summed E-state index contributed by atoms with van der Waals surface area (Å²) in [7, 11) is 3.07. The van der Waals surface area contributed by atoms with Crippen molar-refractivity contribution in [3.8, 4) is 11.1 Å². The molecule has 0 heterocycles. The summed E-state index contributed by atoms with van der Waals surface area (Å²) in [5.41, 5.74) is 2.68. The van der Waals surface area contributed by atoms with Gasteiger partial charge in [-0.15, -0.1) is 0 Å². The van der Waals surface area contributed by atoms with Crippen LogP contribution in [0.3, 0.4) is 0 Å². The number of benzene rings is 2. The Kier molecular flexibility index (Phi) is 3.40. The maximum Gasteiger partial charge on any atom is 0.411 e. The van der Waals surface area contributed by atoms with Gasteiger partial charge in [0.1, 0.15) is 7.11 Å². The van der Waals surface area contributed by atoms with Gasteiger partial charge in [-0.3, -0.25) is 5.32 Å². The van der Waals surface area contributed by atoms with Crippen LogP contribution in [0.2, 0.25) is 0 Å². The topological polar surface area (TPSA) is 38.3 Å². The van der Waals surface area contributed by atoms with Crippen LogP contribution in [-0.4, -0.2) is 6.09 Å². The minimum atomic E-state index is -0.576. The van der Waals surface area contributed by atoms with Crippen LogP contribution in [0, 0.1) is 7.11 Å². The Morgan fingerprint density at radius 2 is 1.65 bits per heavy atom. The van der Waals surface area contributed by atoms with Crippen molar-refractivity contribution in [3.63, 3.8) is 0 Å². The fourth-order valence-electron chi connectivity index (χ4n) is 1.61. The number of ether oxygens (including phenoxy) is 1. The van der Waals surface area contributed by atoms with Crippen molar-refractivity contribution in [1.82, 2.24) is 0 Å². The van der Waals surface area contributed by atoms with Gasteiger partial charge in [-0.1, -0.05) is 48.5 Å². The predicted octanol–water partition coefficient (Wildman–Crippen LogP) is 3.69. The molecule has 0 aliphatic heterocycles. The molecular weight excluding hydrogens is 214 g/mol. The van der Waals surface area contributed by atoms with E-state index in [1.54, 1.807) is 0 Å². The van der Waals surface area contributed by atoms with Gasteiger partial charge in [0.25, 0.3) is 0 Å². The van der Waals surface area contributed by atoms with Crippen molar-refractivity contribution >= 4 is 11.8 Å². The second-order valence-corrected chi connectivity index (χ2v) is 3.47. The van der Waals surface area contributed by atoms with Gasteiger partial charge in [0.2, 0.25) is 0 Å². The van der Waals surface area contributed by atoms with Gasteiger partial charge < -0.3 is 4.74 Å². The Morgan fingerprint density at radius 1 is 1.00 bits per heavy atom. The van der Waals surface area contributed by atoms with Gasteiger partial charge in [0.05, 0.1) is 5.69 Å². The maximum absolute atomic E-state index is 11.2. The monoisotopic (exact) mass is 226 g/mol. The van der Waals surface area contributed by atoms with Crippen molar-refractivity contribution < 1.29 is 9.53 Å². The van der Waals surface area contributed by atoms with E-state index < -0.39 is 6.09 Å². The van der Waals surface area contributed by atoms with Gasteiger partial charge in [-0.25, -0.2) is 4.79 Å². The molecule has 2 rings (SSSR count). The largest absolute Gasteiger partial charge is 0.446 e. The lowest BCUT2D eigenvalue weighted by atomic mass is 10.0. The second-order valence-electron chi connectivity index (χ2n) is 3.47. The van der Waals surface area contributed by atoms with E-state index in [9.17, 15) is 4.79 Å². The minimum Gasteiger partial charge on any atom is -0.446 e. The molecule has 0 unspecified atom stereocenters. The highest BCUT2D eigenvalue weighted by atomic mass is 16.5. The molecule has 0 aromatic heterocycles. The van der Waals surface area contributed by atoms with Gasteiger partial charge in [0.15, 0.2) is 0 Å². The summed E-state index contributed by atoms with van der Waals surface area (Å²) in [5.74, 6) is 0. The summed E-state index contributed by atoms with van der Waals surface area (Å²) in [5, 5.41) is 2.64. The molecule has 17 heavy (non-hydrogen) atoms. The zero-order chi connectivity index (χ0) is 12.1. The third-order valence-corrected chi connectivity index (χ3v) is 2.38. The number of anilines is 1. The van der Waals surface area contributed by atoms with Crippen molar-refractivity contribution in [2.75, 3.05) is 5.32 Å². The molecule has 0 bridgehead atoms. The van der Waals surface area contributed by atoms with Crippen LogP contribution in [0.5, 0.6) is 0 Å². The number of carbonyl (C=O) groups is 1. The Hall–Kier alpha value is -2.29. The molecule has 3 heteroatoms. The Bertz CT molecular complexity index is 509. The van der Waals surface area contributed by atoms with Crippen LogP contribution >= 0.6 is 0 Å². The van der Waals surface area contributed by atoms with Gasteiger partial charge >= 0.3 is 6.09 Å². The highest BCUT2D eigenvalue weighted by molar-refractivity contribution is 5.91. The van der Waals surface area contributed by atoms with Crippen LogP contribution in [-0.2, 0) is 4.74 Å². The number of hydrogen-bond acceptors (Lipinski definition) is 2. The van der Waals surface area contributed by atoms with Gasteiger partial charge in [-0.2, -0.15) is 0 Å². The van der Waals surface area contributed by atoms with Crippen LogP contribution in [0.1, 0.15) is 0 Å². The fraction of sp³-hybridized carbons (Fsp3) is 0. The van der Waals surface area contributed by atoms with Gasteiger partial charge in [-0.05, 0) is 11.6 Å². The molecule has 0 saturated heterocycles. The highest BCUT2D eigenvalue weighted by Gasteiger charge is 2.07. The molecule has 0 aliphatic carbocycles. The fourth-order valence-corrected chi connectivity index (χ4v) is 1.61. The normalized spacial score (nSPS) is 9.71. The molecule has 2 aromatic rings. The van der Waals surface area contributed by atoms with Crippen molar-refractivity contribution in [2.45, 2.75) is 0 Å². The predicted molar refractivity (Wildman–Crippen MR) is 67.3 cm³/mol. The number of hydrogen-bond donors (Lipinski definition) is 1. The lowest BCUT2D eigenvalue weighted by Gasteiger charge is -2.09. The second kappa shape index (κ2) is 5.16. The summed E-state index contributed by atoms with van der Waals surface area (Å²) in [6.45, 7) is 0. The molecule has 0 atom stereocenters. The average Bonchev–Trinajstić information content (AvgIpc) is 2.40. The first-order chi connectivity index (χ1) is 8.31. The van der Waals surface area contributed by atoms with Crippen molar-refractivity contribution in [3.05, 3.63) is 61.7 Å². The third-order valence-electron chi connectivity index (χ3n) is 2.38. The average molecular weight is 226 g/mol. The summed E-state index contributed by atoms with van der Waals surface area (Å²) >= 11 is 0. The van der Waals surface area contributed by atoms with E-state index in [-0.39, 0.29) is 0 Å². The summed E-state index contributed by atoms with van der Waals surface area (Å²) in [6, 6.07) is 17.3. The minimum absolute atomic E-state index is 0.576. The Labute approximate surface area is 100 Å². The lowest BCUT2D eigenvalue weighted by Crippen LogP contribution is -2.10. The van der Waals surface area contributed by atoms with Crippen LogP contribution < -0.4 is 5.32 Å². The first kappa shape index (κ1) is 11.2. The number of nitrogens with one attached hydrogen (secondary N) is 1. The third kappa shape index (κ3) is 2.64. The van der Waals surface area contributed by atoms with E-state index in [1.165, 1.54) is 0 Å². The van der Waals surface area contributed by atoms with E-state index >= 15 is 0 Å². The molecule has 1 radical (unpaired) electrons. The number of amides is 1. The Balaban J connectivity index is 2.38. The number of carbonyl (C=O) groups excluding carboxylic acids is 1. The zero-order valence-electron chi connectivity index (χ0n) is 9.22.